The number of hydrogen-bond acceptors (Lipinski definition) is 4. The zero-order valence-corrected chi connectivity index (χ0v) is 13.2. The van der Waals surface area contributed by atoms with Gasteiger partial charge in [0.2, 0.25) is 0 Å². The van der Waals surface area contributed by atoms with Crippen molar-refractivity contribution >= 4 is 0 Å². The summed E-state index contributed by atoms with van der Waals surface area (Å²) >= 11 is 0. The van der Waals surface area contributed by atoms with Gasteiger partial charge in [-0.3, -0.25) is 0 Å². The third-order valence-corrected chi connectivity index (χ3v) is 2.98. The Bertz CT molecular complexity index is 404. The van der Waals surface area contributed by atoms with Gasteiger partial charge in [0, 0.05) is 19.1 Å². The minimum absolute atomic E-state index is 0.138. The van der Waals surface area contributed by atoms with Gasteiger partial charge in [-0.2, -0.15) is 0 Å². The molecule has 21 heavy (non-hydrogen) atoms. The maximum Gasteiger partial charge on any atom is 0.119 e. The first kappa shape index (κ1) is 17.7. The summed E-state index contributed by atoms with van der Waals surface area (Å²) in [5.74, 6) is 0.904. The summed E-state index contributed by atoms with van der Waals surface area (Å²) in [4.78, 5) is 0. The minimum Gasteiger partial charge on any atom is -0.494 e. The highest BCUT2D eigenvalue weighted by Crippen LogP contribution is 2.17. The van der Waals surface area contributed by atoms with Gasteiger partial charge in [0.05, 0.1) is 19.8 Å². The quantitative estimate of drug-likeness (QED) is 0.486. The molecule has 4 nitrogen and oxygen atoms in total. The van der Waals surface area contributed by atoms with E-state index in [1.54, 1.807) is 0 Å². The molecule has 1 rings (SSSR count). The number of benzene rings is 1. The predicted molar refractivity (Wildman–Crippen MR) is 87.7 cm³/mol. The molecule has 0 aliphatic rings. The van der Waals surface area contributed by atoms with E-state index in [1.807, 2.05) is 19.1 Å². The van der Waals surface area contributed by atoms with Crippen molar-refractivity contribution < 1.29 is 9.47 Å². The zero-order valence-electron chi connectivity index (χ0n) is 13.2. The number of hydrogen-bond donors (Lipinski definition) is 2. The zero-order chi connectivity index (χ0) is 15.5. The fourth-order valence-corrected chi connectivity index (χ4v) is 1.91. The first-order valence-corrected chi connectivity index (χ1v) is 7.55. The van der Waals surface area contributed by atoms with Crippen LogP contribution in [-0.4, -0.2) is 32.9 Å². The van der Waals surface area contributed by atoms with Gasteiger partial charge >= 0.3 is 0 Å². The van der Waals surface area contributed by atoms with Gasteiger partial charge in [0.25, 0.3) is 0 Å². The summed E-state index contributed by atoms with van der Waals surface area (Å²) in [7, 11) is 0. The van der Waals surface area contributed by atoms with Gasteiger partial charge in [-0.05, 0) is 31.0 Å². The van der Waals surface area contributed by atoms with Crippen LogP contribution in [0.15, 0.2) is 36.4 Å². The molecule has 0 saturated heterocycles. The Kier molecular flexibility index (Phi) is 8.74. The van der Waals surface area contributed by atoms with Crippen molar-refractivity contribution in [2.45, 2.75) is 26.3 Å². The Morgan fingerprint density at radius 1 is 1.29 bits per heavy atom. The number of nitrogens with one attached hydrogen (secondary N) is 1. The summed E-state index contributed by atoms with van der Waals surface area (Å²) in [5, 5.41) is 3.40. The van der Waals surface area contributed by atoms with E-state index in [0.717, 1.165) is 30.9 Å². The lowest BCUT2D eigenvalue weighted by Crippen LogP contribution is -2.31. The molecule has 0 aliphatic heterocycles. The fraction of sp³-hybridized carbons (Fsp3) is 0.529. The lowest BCUT2D eigenvalue weighted by Gasteiger charge is -2.18. The molecule has 4 heteroatoms. The number of nitrogens with two attached hydrogens (primary N) is 1. The van der Waals surface area contributed by atoms with E-state index >= 15 is 0 Å². The van der Waals surface area contributed by atoms with Gasteiger partial charge in [0.15, 0.2) is 0 Å². The van der Waals surface area contributed by atoms with Crippen LogP contribution in [0.5, 0.6) is 5.75 Å². The van der Waals surface area contributed by atoms with Gasteiger partial charge in [-0.1, -0.05) is 31.2 Å². The van der Waals surface area contributed by atoms with Crippen molar-refractivity contribution in [3.8, 4) is 5.75 Å². The highest BCUT2D eigenvalue weighted by molar-refractivity contribution is 5.29. The normalized spacial score (nSPS) is 12.1. The maximum atomic E-state index is 5.84. The summed E-state index contributed by atoms with van der Waals surface area (Å²) in [6, 6.07) is 8.24. The van der Waals surface area contributed by atoms with Gasteiger partial charge in [-0.15, -0.1) is 0 Å². The van der Waals surface area contributed by atoms with Crippen LogP contribution in [0.25, 0.3) is 0 Å². The van der Waals surface area contributed by atoms with E-state index in [2.05, 4.69) is 31.0 Å². The molecular formula is C17H28N2O2. The molecule has 0 amide bonds. The molecule has 3 N–H and O–H groups in total. The second-order valence-electron chi connectivity index (χ2n) is 5.17. The van der Waals surface area contributed by atoms with Gasteiger partial charge in [0.1, 0.15) is 5.75 Å². The molecule has 1 unspecified atom stereocenters. The molecule has 0 saturated carbocycles. The van der Waals surface area contributed by atoms with Crippen LogP contribution in [0, 0.1) is 0 Å². The van der Waals surface area contributed by atoms with Crippen LogP contribution in [0.3, 0.4) is 0 Å². The average Bonchev–Trinajstić information content (AvgIpc) is 2.49. The van der Waals surface area contributed by atoms with Crippen molar-refractivity contribution in [1.29, 1.82) is 0 Å². The second kappa shape index (κ2) is 10.4. The largest absolute Gasteiger partial charge is 0.494 e. The first-order chi connectivity index (χ1) is 10.2. The van der Waals surface area contributed by atoms with Crippen LogP contribution < -0.4 is 15.8 Å². The van der Waals surface area contributed by atoms with Gasteiger partial charge in [-0.25, -0.2) is 0 Å². The van der Waals surface area contributed by atoms with Crippen molar-refractivity contribution in [2.24, 2.45) is 5.73 Å². The molecule has 1 aromatic carbocycles. The smallest absolute Gasteiger partial charge is 0.119 e. The van der Waals surface area contributed by atoms with E-state index < -0.39 is 0 Å². The minimum atomic E-state index is 0.138. The lowest BCUT2D eigenvalue weighted by atomic mass is 10.1. The van der Waals surface area contributed by atoms with Crippen molar-refractivity contribution in [3.05, 3.63) is 42.0 Å². The topological polar surface area (TPSA) is 56.5 Å². The summed E-state index contributed by atoms with van der Waals surface area (Å²) in [6.07, 6.45) is 1.01. The summed E-state index contributed by atoms with van der Waals surface area (Å²) in [6.45, 7) is 11.2. The number of rotatable bonds is 11. The Hall–Kier alpha value is -1.36. The van der Waals surface area contributed by atoms with Crippen LogP contribution >= 0.6 is 0 Å². The van der Waals surface area contributed by atoms with E-state index in [0.29, 0.717) is 19.8 Å². The van der Waals surface area contributed by atoms with Crippen molar-refractivity contribution in [3.63, 3.8) is 0 Å². The molecule has 1 atom stereocenters. The molecule has 118 valence electrons. The highest BCUT2D eigenvalue weighted by atomic mass is 16.5. The van der Waals surface area contributed by atoms with Crippen LogP contribution in [-0.2, 0) is 4.74 Å². The van der Waals surface area contributed by atoms with Crippen molar-refractivity contribution in [1.82, 2.24) is 5.32 Å². The van der Waals surface area contributed by atoms with Crippen LogP contribution in [0.1, 0.15) is 31.9 Å². The molecule has 0 spiro atoms. The first-order valence-electron chi connectivity index (χ1n) is 7.55. The SMILES string of the molecule is C=C(C)COCCNC(CN)c1ccc(OCCC)cc1. The Balaban J connectivity index is 2.38. The summed E-state index contributed by atoms with van der Waals surface area (Å²) in [5.41, 5.74) is 8.04. The van der Waals surface area contributed by atoms with E-state index in [4.69, 9.17) is 15.2 Å². The molecule has 0 aromatic heterocycles. The Labute approximate surface area is 128 Å². The van der Waals surface area contributed by atoms with E-state index in [1.165, 1.54) is 5.56 Å². The van der Waals surface area contributed by atoms with Crippen molar-refractivity contribution in [2.75, 3.05) is 32.9 Å². The molecule has 0 radical (unpaired) electrons. The Morgan fingerprint density at radius 2 is 2.00 bits per heavy atom. The second-order valence-corrected chi connectivity index (χ2v) is 5.17. The van der Waals surface area contributed by atoms with Gasteiger partial charge < -0.3 is 20.5 Å². The third-order valence-electron chi connectivity index (χ3n) is 2.98. The lowest BCUT2D eigenvalue weighted by molar-refractivity contribution is 0.155. The molecule has 0 bridgehead atoms. The fourth-order valence-electron chi connectivity index (χ4n) is 1.91. The third kappa shape index (κ3) is 7.27. The summed E-state index contributed by atoms with van der Waals surface area (Å²) < 4.78 is 11.0. The predicted octanol–water partition coefficient (Wildman–Crippen LogP) is 2.66. The molecular weight excluding hydrogens is 264 g/mol. The van der Waals surface area contributed by atoms with E-state index in [9.17, 15) is 0 Å². The average molecular weight is 292 g/mol. The monoisotopic (exact) mass is 292 g/mol. The molecule has 1 aromatic rings. The maximum absolute atomic E-state index is 5.84. The molecule has 0 fully saturated rings. The van der Waals surface area contributed by atoms with Crippen LogP contribution in [0.4, 0.5) is 0 Å². The van der Waals surface area contributed by atoms with Crippen LogP contribution in [0.2, 0.25) is 0 Å². The van der Waals surface area contributed by atoms with E-state index in [-0.39, 0.29) is 6.04 Å². The molecule has 0 aliphatic carbocycles. The standard InChI is InChI=1S/C17H28N2O2/c1-4-10-21-16-7-5-15(6-8-16)17(12-18)19-9-11-20-13-14(2)3/h5-8,17,19H,2,4,9-13,18H2,1,3H3. The molecule has 0 heterocycles. The Morgan fingerprint density at radius 3 is 2.57 bits per heavy atom. The highest BCUT2D eigenvalue weighted by Gasteiger charge is 2.08. The number of ether oxygens (including phenoxy) is 2.